The molecular formula is C13H18N2O4S. The van der Waals surface area contributed by atoms with Crippen LogP contribution in [0.5, 0.6) is 0 Å². The summed E-state index contributed by atoms with van der Waals surface area (Å²) in [6.07, 6.45) is 1.70. The zero-order valence-electron chi connectivity index (χ0n) is 11.6. The van der Waals surface area contributed by atoms with E-state index in [9.17, 15) is 14.4 Å². The van der Waals surface area contributed by atoms with Crippen LogP contribution in [0.25, 0.3) is 0 Å². The van der Waals surface area contributed by atoms with Crippen molar-refractivity contribution in [2.45, 2.75) is 19.1 Å². The molecule has 6 nitrogen and oxygen atoms in total. The summed E-state index contributed by atoms with van der Waals surface area (Å²) in [4.78, 5) is 34.4. The van der Waals surface area contributed by atoms with Gasteiger partial charge in [-0.15, -0.1) is 11.8 Å². The lowest BCUT2D eigenvalue weighted by molar-refractivity contribution is -0.137. The number of aryl methyl sites for hydroxylation is 1. The van der Waals surface area contributed by atoms with Crippen LogP contribution in [0.15, 0.2) is 18.3 Å². The summed E-state index contributed by atoms with van der Waals surface area (Å²) >= 11 is 1.02. The molecule has 0 fully saturated rings. The fourth-order valence-electron chi connectivity index (χ4n) is 1.64. The summed E-state index contributed by atoms with van der Waals surface area (Å²) in [5.74, 6) is -2.08. The second-order valence-electron chi connectivity index (χ2n) is 4.70. The first-order valence-electron chi connectivity index (χ1n) is 6.12. The maximum absolute atomic E-state index is 11.8. The number of carbonyl (C=O) groups is 3. The number of carbonyl (C=O) groups excluding carboxylic acids is 2. The number of amides is 2. The first-order valence-corrected chi connectivity index (χ1v) is 7.17. The lowest BCUT2D eigenvalue weighted by Gasteiger charge is -2.15. The molecule has 1 unspecified atom stereocenters. The standard InChI is InChI=1S/C13H18N2O4S/c1-8(2)11(13(18)19)20-7-10(16)14-12(17)9-5-4-6-15(9)3/h4-6,8,11H,7H2,1-3H3,(H,18,19)(H,14,16,17). The van der Waals surface area contributed by atoms with E-state index in [4.69, 9.17) is 5.11 Å². The monoisotopic (exact) mass is 298 g/mol. The van der Waals surface area contributed by atoms with Crippen LogP contribution in [-0.4, -0.2) is 38.5 Å². The molecule has 0 aromatic carbocycles. The Morgan fingerprint density at radius 2 is 2.05 bits per heavy atom. The molecule has 1 heterocycles. The molecule has 0 bridgehead atoms. The Labute approximate surface area is 121 Å². The summed E-state index contributed by atoms with van der Waals surface area (Å²) in [5.41, 5.74) is 0.377. The number of imide groups is 1. The molecule has 0 spiro atoms. The highest BCUT2D eigenvalue weighted by Gasteiger charge is 2.23. The zero-order chi connectivity index (χ0) is 15.3. The third kappa shape index (κ3) is 4.41. The van der Waals surface area contributed by atoms with Crippen molar-refractivity contribution >= 4 is 29.5 Å². The Morgan fingerprint density at radius 1 is 1.40 bits per heavy atom. The number of thioether (sulfide) groups is 1. The minimum Gasteiger partial charge on any atom is -0.480 e. The van der Waals surface area contributed by atoms with Crippen molar-refractivity contribution in [2.24, 2.45) is 13.0 Å². The molecule has 1 rings (SSSR count). The van der Waals surface area contributed by atoms with Gasteiger partial charge < -0.3 is 9.67 Å². The van der Waals surface area contributed by atoms with Crippen LogP contribution < -0.4 is 5.32 Å². The Morgan fingerprint density at radius 3 is 2.50 bits per heavy atom. The highest BCUT2D eigenvalue weighted by atomic mass is 32.2. The Hall–Kier alpha value is -1.76. The molecule has 0 saturated carbocycles. The molecule has 2 N–H and O–H groups in total. The number of rotatable bonds is 6. The lowest BCUT2D eigenvalue weighted by atomic mass is 10.1. The van der Waals surface area contributed by atoms with E-state index in [1.54, 1.807) is 43.8 Å². The molecule has 0 aliphatic rings. The predicted molar refractivity (Wildman–Crippen MR) is 76.6 cm³/mol. The molecule has 0 aliphatic heterocycles. The van der Waals surface area contributed by atoms with Gasteiger partial charge in [0.25, 0.3) is 5.91 Å². The van der Waals surface area contributed by atoms with Crippen molar-refractivity contribution < 1.29 is 19.5 Å². The second kappa shape index (κ2) is 7.14. The second-order valence-corrected chi connectivity index (χ2v) is 5.83. The molecule has 1 aromatic rings. The third-order valence-corrected chi connectivity index (χ3v) is 4.21. The van der Waals surface area contributed by atoms with Crippen LogP contribution in [0.3, 0.4) is 0 Å². The first-order chi connectivity index (χ1) is 9.32. The van der Waals surface area contributed by atoms with Crippen LogP contribution in [0.4, 0.5) is 0 Å². The highest BCUT2D eigenvalue weighted by molar-refractivity contribution is 8.01. The Balaban J connectivity index is 2.50. The average Bonchev–Trinajstić information content (AvgIpc) is 2.74. The molecule has 1 atom stereocenters. The van der Waals surface area contributed by atoms with Gasteiger partial charge in [0.2, 0.25) is 5.91 Å². The molecule has 110 valence electrons. The number of carboxylic acid groups (broad SMARTS) is 1. The zero-order valence-corrected chi connectivity index (χ0v) is 12.4. The summed E-state index contributed by atoms with van der Waals surface area (Å²) in [6.45, 7) is 3.55. The smallest absolute Gasteiger partial charge is 0.316 e. The van der Waals surface area contributed by atoms with Crippen molar-refractivity contribution in [3.05, 3.63) is 24.0 Å². The molecule has 1 aromatic heterocycles. The van der Waals surface area contributed by atoms with Gasteiger partial charge >= 0.3 is 5.97 Å². The van der Waals surface area contributed by atoms with E-state index >= 15 is 0 Å². The summed E-state index contributed by atoms with van der Waals surface area (Å²) < 4.78 is 1.60. The minimum absolute atomic E-state index is 0.0642. The van der Waals surface area contributed by atoms with Gasteiger partial charge in [-0.2, -0.15) is 0 Å². The molecule has 2 amide bonds. The van der Waals surface area contributed by atoms with Gasteiger partial charge in [-0.3, -0.25) is 19.7 Å². The van der Waals surface area contributed by atoms with E-state index in [1.165, 1.54) is 0 Å². The SMILES string of the molecule is CC(C)C(SCC(=O)NC(=O)c1cccn1C)C(=O)O. The normalized spacial score (nSPS) is 12.2. The molecule has 20 heavy (non-hydrogen) atoms. The predicted octanol–water partition coefficient (Wildman–Crippen LogP) is 1.12. The number of nitrogens with one attached hydrogen (secondary N) is 1. The maximum atomic E-state index is 11.8. The van der Waals surface area contributed by atoms with Crippen molar-refractivity contribution in [2.75, 3.05) is 5.75 Å². The molecule has 0 aliphatic carbocycles. The van der Waals surface area contributed by atoms with Crippen molar-refractivity contribution in [3.8, 4) is 0 Å². The van der Waals surface area contributed by atoms with Crippen molar-refractivity contribution in [1.82, 2.24) is 9.88 Å². The van der Waals surface area contributed by atoms with Crippen molar-refractivity contribution in [1.29, 1.82) is 0 Å². The van der Waals surface area contributed by atoms with Crippen LogP contribution in [0.1, 0.15) is 24.3 Å². The topological polar surface area (TPSA) is 88.4 Å². The van der Waals surface area contributed by atoms with Gasteiger partial charge in [0.1, 0.15) is 10.9 Å². The van der Waals surface area contributed by atoms with Gasteiger partial charge in [-0.1, -0.05) is 13.8 Å². The summed E-state index contributed by atoms with van der Waals surface area (Å²) in [7, 11) is 1.70. The summed E-state index contributed by atoms with van der Waals surface area (Å²) in [5, 5.41) is 10.6. The molecule has 0 radical (unpaired) electrons. The van der Waals surface area contributed by atoms with E-state index in [-0.39, 0.29) is 11.7 Å². The first kappa shape index (κ1) is 16.3. The van der Waals surface area contributed by atoms with Gasteiger partial charge in [0.05, 0.1) is 5.75 Å². The van der Waals surface area contributed by atoms with Gasteiger partial charge in [-0.05, 0) is 18.1 Å². The summed E-state index contributed by atoms with van der Waals surface area (Å²) in [6, 6.07) is 3.30. The minimum atomic E-state index is -0.952. The van der Waals surface area contributed by atoms with Crippen LogP contribution in [-0.2, 0) is 16.6 Å². The largest absolute Gasteiger partial charge is 0.480 e. The number of nitrogens with zero attached hydrogens (tertiary/aromatic N) is 1. The van der Waals surface area contributed by atoms with E-state index < -0.39 is 23.0 Å². The number of carboxylic acids is 1. The highest BCUT2D eigenvalue weighted by Crippen LogP contribution is 2.19. The number of aromatic nitrogens is 1. The van der Waals surface area contributed by atoms with Crippen LogP contribution >= 0.6 is 11.8 Å². The van der Waals surface area contributed by atoms with E-state index in [0.717, 1.165) is 11.8 Å². The van der Waals surface area contributed by atoms with Gasteiger partial charge in [0, 0.05) is 13.2 Å². The van der Waals surface area contributed by atoms with E-state index in [2.05, 4.69) is 5.32 Å². The quantitative estimate of drug-likeness (QED) is 0.821. The van der Waals surface area contributed by atoms with E-state index in [1.807, 2.05) is 0 Å². The van der Waals surface area contributed by atoms with E-state index in [0.29, 0.717) is 5.69 Å². The number of hydrogen-bond donors (Lipinski definition) is 2. The Bertz CT molecular complexity index is 510. The lowest BCUT2D eigenvalue weighted by Crippen LogP contribution is -2.34. The van der Waals surface area contributed by atoms with Gasteiger partial charge in [0.15, 0.2) is 0 Å². The Kier molecular flexibility index (Phi) is 5.82. The number of aliphatic carboxylic acids is 1. The molecular weight excluding hydrogens is 280 g/mol. The fourth-order valence-corrected chi connectivity index (χ4v) is 2.57. The maximum Gasteiger partial charge on any atom is 0.316 e. The van der Waals surface area contributed by atoms with Crippen molar-refractivity contribution in [3.63, 3.8) is 0 Å². The van der Waals surface area contributed by atoms with Gasteiger partial charge in [-0.25, -0.2) is 0 Å². The van der Waals surface area contributed by atoms with Crippen LogP contribution in [0.2, 0.25) is 0 Å². The average molecular weight is 298 g/mol. The molecule has 7 heteroatoms. The fraction of sp³-hybridized carbons (Fsp3) is 0.462. The molecule has 0 saturated heterocycles. The van der Waals surface area contributed by atoms with Crippen LogP contribution in [0, 0.1) is 5.92 Å². The number of hydrogen-bond acceptors (Lipinski definition) is 4. The third-order valence-electron chi connectivity index (χ3n) is 2.67.